The summed E-state index contributed by atoms with van der Waals surface area (Å²) in [4.78, 5) is 4.19. The highest BCUT2D eigenvalue weighted by atomic mass is 16.5. The zero-order valence-electron chi connectivity index (χ0n) is 8.94. The normalized spacial score (nSPS) is 21.5. The third-order valence-electron chi connectivity index (χ3n) is 2.72. The highest BCUT2D eigenvalue weighted by Gasteiger charge is 2.24. The van der Waals surface area contributed by atoms with Crippen molar-refractivity contribution in [3.05, 3.63) is 30.6 Å². The summed E-state index contributed by atoms with van der Waals surface area (Å²) in [5.74, 6) is 0.821. The van der Waals surface area contributed by atoms with Gasteiger partial charge in [-0.25, -0.2) is 0 Å². The second kappa shape index (κ2) is 4.45. The smallest absolute Gasteiger partial charge is 0.138 e. The summed E-state index contributed by atoms with van der Waals surface area (Å²) in [7, 11) is 0. The van der Waals surface area contributed by atoms with E-state index in [-0.39, 0.29) is 6.10 Å². The number of rotatable bonds is 4. The minimum Gasteiger partial charge on any atom is -0.487 e. The summed E-state index contributed by atoms with van der Waals surface area (Å²) in [6.07, 6.45) is 4.86. The van der Waals surface area contributed by atoms with Gasteiger partial charge in [0.25, 0.3) is 0 Å². The Balaban J connectivity index is 1.94. The fraction of sp³-hybridized carbons (Fsp3) is 0.417. The van der Waals surface area contributed by atoms with Crippen LogP contribution >= 0.6 is 0 Å². The Hall–Kier alpha value is -1.35. The van der Waals surface area contributed by atoms with E-state index in [0.717, 1.165) is 18.0 Å². The maximum absolute atomic E-state index is 5.76. The lowest BCUT2D eigenvalue weighted by Gasteiger charge is -2.33. The lowest BCUT2D eigenvalue weighted by atomic mass is 10.0. The molecule has 2 atom stereocenters. The summed E-state index contributed by atoms with van der Waals surface area (Å²) in [5.41, 5.74) is 0.872. The third kappa shape index (κ3) is 2.36. The Labute approximate surface area is 90.2 Å². The SMILES string of the molecule is C=Cc1ccc(OC(C)[C@@H]2CCN2)cn1. The summed E-state index contributed by atoms with van der Waals surface area (Å²) in [5, 5.41) is 3.33. The molecule has 2 heterocycles. The second-order valence-electron chi connectivity index (χ2n) is 3.80. The van der Waals surface area contributed by atoms with Crippen molar-refractivity contribution in [2.45, 2.75) is 25.5 Å². The highest BCUT2D eigenvalue weighted by Crippen LogP contribution is 2.16. The van der Waals surface area contributed by atoms with E-state index in [4.69, 9.17) is 4.74 Å². The van der Waals surface area contributed by atoms with E-state index >= 15 is 0 Å². The van der Waals surface area contributed by atoms with Gasteiger partial charge >= 0.3 is 0 Å². The predicted molar refractivity (Wildman–Crippen MR) is 60.8 cm³/mol. The lowest BCUT2D eigenvalue weighted by Crippen LogP contribution is -2.51. The molecule has 0 radical (unpaired) electrons. The molecule has 1 aliphatic heterocycles. The van der Waals surface area contributed by atoms with E-state index in [0.29, 0.717) is 6.04 Å². The van der Waals surface area contributed by atoms with Crippen LogP contribution in [0, 0.1) is 0 Å². The van der Waals surface area contributed by atoms with Gasteiger partial charge in [-0.2, -0.15) is 0 Å². The first-order valence-corrected chi connectivity index (χ1v) is 5.28. The minimum atomic E-state index is 0.204. The van der Waals surface area contributed by atoms with Crippen LogP contribution in [-0.2, 0) is 0 Å². The molecule has 0 amide bonds. The molecule has 1 unspecified atom stereocenters. The maximum atomic E-state index is 5.76. The first-order chi connectivity index (χ1) is 7.29. The maximum Gasteiger partial charge on any atom is 0.138 e. The summed E-state index contributed by atoms with van der Waals surface area (Å²) >= 11 is 0. The van der Waals surface area contributed by atoms with Crippen LogP contribution in [0.25, 0.3) is 6.08 Å². The number of hydrogen-bond donors (Lipinski definition) is 1. The van der Waals surface area contributed by atoms with Gasteiger partial charge < -0.3 is 10.1 Å². The average Bonchev–Trinajstić information content (AvgIpc) is 2.16. The Morgan fingerprint density at radius 1 is 1.67 bits per heavy atom. The van der Waals surface area contributed by atoms with E-state index in [2.05, 4.69) is 23.8 Å². The molecule has 0 aromatic carbocycles. The van der Waals surface area contributed by atoms with E-state index in [1.807, 2.05) is 12.1 Å². The Kier molecular flexibility index (Phi) is 3.02. The molecule has 80 valence electrons. The fourth-order valence-electron chi connectivity index (χ4n) is 1.59. The molecule has 0 aliphatic carbocycles. The number of aromatic nitrogens is 1. The topological polar surface area (TPSA) is 34.1 Å². The molecule has 3 heteroatoms. The predicted octanol–water partition coefficient (Wildman–Crippen LogP) is 1.85. The molecular weight excluding hydrogens is 188 g/mol. The van der Waals surface area contributed by atoms with Gasteiger partial charge in [0, 0.05) is 6.04 Å². The molecule has 0 spiro atoms. The Bertz CT molecular complexity index is 330. The van der Waals surface area contributed by atoms with Crippen LogP contribution in [0.3, 0.4) is 0 Å². The van der Waals surface area contributed by atoms with Gasteiger partial charge in [-0.1, -0.05) is 6.58 Å². The quantitative estimate of drug-likeness (QED) is 0.812. The monoisotopic (exact) mass is 204 g/mol. The van der Waals surface area contributed by atoms with Gasteiger partial charge in [0.1, 0.15) is 11.9 Å². The molecule has 1 saturated heterocycles. The number of pyridine rings is 1. The molecule has 3 nitrogen and oxygen atoms in total. The van der Waals surface area contributed by atoms with Crippen molar-refractivity contribution in [3.63, 3.8) is 0 Å². The van der Waals surface area contributed by atoms with Gasteiger partial charge in [-0.15, -0.1) is 0 Å². The van der Waals surface area contributed by atoms with Gasteiger partial charge in [0.05, 0.1) is 11.9 Å². The van der Waals surface area contributed by atoms with Gasteiger partial charge in [-0.3, -0.25) is 4.98 Å². The van der Waals surface area contributed by atoms with Crippen LogP contribution in [0.2, 0.25) is 0 Å². The van der Waals surface area contributed by atoms with E-state index in [1.54, 1.807) is 12.3 Å². The molecular formula is C12H16N2O. The van der Waals surface area contributed by atoms with E-state index in [9.17, 15) is 0 Å². The van der Waals surface area contributed by atoms with Crippen molar-refractivity contribution in [2.24, 2.45) is 0 Å². The van der Waals surface area contributed by atoms with Crippen LogP contribution in [0.5, 0.6) is 5.75 Å². The summed E-state index contributed by atoms with van der Waals surface area (Å²) in [6.45, 7) is 6.84. The first kappa shape index (κ1) is 10.2. The number of nitrogens with one attached hydrogen (secondary N) is 1. The molecule has 1 aliphatic rings. The number of hydrogen-bond acceptors (Lipinski definition) is 3. The van der Waals surface area contributed by atoms with Gasteiger partial charge in [-0.05, 0) is 38.1 Å². The van der Waals surface area contributed by atoms with Crippen molar-refractivity contribution in [1.29, 1.82) is 0 Å². The van der Waals surface area contributed by atoms with Crippen molar-refractivity contribution in [3.8, 4) is 5.75 Å². The summed E-state index contributed by atoms with van der Waals surface area (Å²) in [6, 6.07) is 4.33. The van der Waals surface area contributed by atoms with Crippen molar-refractivity contribution >= 4 is 6.08 Å². The van der Waals surface area contributed by atoms with Crippen LogP contribution in [0.1, 0.15) is 19.0 Å². The van der Waals surface area contributed by atoms with Gasteiger partial charge in [0.2, 0.25) is 0 Å². The second-order valence-corrected chi connectivity index (χ2v) is 3.80. The fourth-order valence-corrected chi connectivity index (χ4v) is 1.59. The molecule has 0 bridgehead atoms. The highest BCUT2D eigenvalue weighted by molar-refractivity contribution is 5.42. The molecule has 2 rings (SSSR count). The molecule has 1 aromatic rings. The van der Waals surface area contributed by atoms with Crippen LogP contribution in [0.15, 0.2) is 24.9 Å². The van der Waals surface area contributed by atoms with E-state index in [1.165, 1.54) is 6.42 Å². The Morgan fingerprint density at radius 2 is 2.47 bits per heavy atom. The van der Waals surface area contributed by atoms with Crippen LogP contribution in [-0.4, -0.2) is 23.7 Å². The number of nitrogens with zero attached hydrogens (tertiary/aromatic N) is 1. The summed E-state index contributed by atoms with van der Waals surface area (Å²) < 4.78 is 5.76. The number of ether oxygens (including phenoxy) is 1. The largest absolute Gasteiger partial charge is 0.487 e. The minimum absolute atomic E-state index is 0.204. The molecule has 1 fully saturated rings. The molecule has 1 N–H and O–H groups in total. The van der Waals surface area contributed by atoms with Gasteiger partial charge in [0.15, 0.2) is 0 Å². The van der Waals surface area contributed by atoms with Crippen molar-refractivity contribution < 1.29 is 4.74 Å². The Morgan fingerprint density at radius 3 is 2.93 bits per heavy atom. The third-order valence-corrected chi connectivity index (χ3v) is 2.72. The molecule has 15 heavy (non-hydrogen) atoms. The van der Waals surface area contributed by atoms with E-state index < -0.39 is 0 Å². The average molecular weight is 204 g/mol. The van der Waals surface area contributed by atoms with Crippen molar-refractivity contribution in [1.82, 2.24) is 10.3 Å². The molecule has 1 aromatic heterocycles. The van der Waals surface area contributed by atoms with Crippen LogP contribution in [0.4, 0.5) is 0 Å². The van der Waals surface area contributed by atoms with Crippen molar-refractivity contribution in [2.75, 3.05) is 6.54 Å². The van der Waals surface area contributed by atoms with Crippen LogP contribution < -0.4 is 10.1 Å². The lowest BCUT2D eigenvalue weighted by molar-refractivity contribution is 0.133. The molecule has 0 saturated carbocycles. The standard InChI is InChI=1S/C12H16N2O/c1-3-10-4-5-11(8-14-10)15-9(2)12-6-7-13-12/h3-5,8-9,12-13H,1,6-7H2,2H3/t9?,12-/m0/s1. The zero-order valence-corrected chi connectivity index (χ0v) is 8.94. The first-order valence-electron chi connectivity index (χ1n) is 5.28. The zero-order chi connectivity index (χ0) is 10.7.